The maximum absolute atomic E-state index is 5.24. The van der Waals surface area contributed by atoms with Crippen LogP contribution in [0, 0.1) is 0 Å². The van der Waals surface area contributed by atoms with Gasteiger partial charge in [0.25, 0.3) is 0 Å². The first-order chi connectivity index (χ1) is 29.7. The first-order valence-electron chi connectivity index (χ1n) is 19.8. The van der Waals surface area contributed by atoms with Gasteiger partial charge < -0.3 is 5.32 Å². The van der Waals surface area contributed by atoms with Gasteiger partial charge in [0.1, 0.15) is 6.17 Å². The molecule has 8 aromatic rings. The van der Waals surface area contributed by atoms with Crippen LogP contribution < -0.4 is 5.32 Å². The lowest BCUT2D eigenvalue weighted by atomic mass is 9.98. The Morgan fingerprint density at radius 3 is 1.73 bits per heavy atom. The molecule has 4 aromatic carbocycles. The second-order valence-corrected chi connectivity index (χ2v) is 14.4. The van der Waals surface area contributed by atoms with Crippen LogP contribution in [0.5, 0.6) is 0 Å². The molecule has 0 bridgehead atoms. The average Bonchev–Trinajstić information content (AvgIpc) is 3.34. The fourth-order valence-electron chi connectivity index (χ4n) is 7.27. The molecule has 1 N–H and O–H groups in total. The number of pyridine rings is 4. The van der Waals surface area contributed by atoms with E-state index in [1.54, 1.807) is 12.4 Å². The predicted octanol–water partition coefficient (Wildman–Crippen LogP) is 12.4. The smallest absolute Gasteiger partial charge is 0.145 e. The molecular formula is C54H40N6. The van der Waals surface area contributed by atoms with Crippen molar-refractivity contribution in [3.8, 4) is 55.9 Å². The maximum atomic E-state index is 5.24. The van der Waals surface area contributed by atoms with E-state index < -0.39 is 0 Å². The van der Waals surface area contributed by atoms with Gasteiger partial charge in [0, 0.05) is 76.3 Å². The third-order valence-corrected chi connectivity index (χ3v) is 10.4. The van der Waals surface area contributed by atoms with Crippen LogP contribution in [0.3, 0.4) is 0 Å². The summed E-state index contributed by atoms with van der Waals surface area (Å²) in [6.07, 6.45) is 21.0. The molecule has 6 nitrogen and oxygen atoms in total. The number of allylic oxidation sites excluding steroid dienone is 6. The Balaban J connectivity index is 0.978. The molecule has 1 atom stereocenters. The van der Waals surface area contributed by atoms with Crippen molar-refractivity contribution >= 4 is 11.3 Å². The van der Waals surface area contributed by atoms with Crippen LogP contribution in [-0.2, 0) is 0 Å². The van der Waals surface area contributed by atoms with Gasteiger partial charge in [-0.2, -0.15) is 0 Å². The topological polar surface area (TPSA) is 76.0 Å². The van der Waals surface area contributed by atoms with Gasteiger partial charge >= 0.3 is 0 Å². The minimum Gasteiger partial charge on any atom is -0.360 e. The Bertz CT molecular complexity index is 2880. The Labute approximate surface area is 350 Å². The first kappa shape index (κ1) is 37.5. The average molecular weight is 773 g/mol. The van der Waals surface area contributed by atoms with Crippen LogP contribution in [0.25, 0.3) is 61.5 Å². The van der Waals surface area contributed by atoms with Crippen molar-refractivity contribution < 1.29 is 0 Å². The van der Waals surface area contributed by atoms with Crippen LogP contribution in [0.2, 0.25) is 0 Å². The number of aliphatic imine (C=N–C) groups is 1. The number of benzene rings is 4. The van der Waals surface area contributed by atoms with E-state index in [0.717, 1.165) is 89.6 Å². The number of aromatic nitrogens is 4. The zero-order valence-corrected chi connectivity index (χ0v) is 32.8. The van der Waals surface area contributed by atoms with E-state index in [1.165, 1.54) is 0 Å². The van der Waals surface area contributed by atoms with Gasteiger partial charge in [-0.1, -0.05) is 134 Å². The van der Waals surface area contributed by atoms with Crippen LogP contribution in [0.1, 0.15) is 22.9 Å². The normalized spacial score (nSPS) is 13.9. The summed E-state index contributed by atoms with van der Waals surface area (Å²) in [5, 5.41) is 3.71. The lowest BCUT2D eigenvalue weighted by Crippen LogP contribution is -2.24. The summed E-state index contributed by atoms with van der Waals surface area (Å²) in [6.45, 7) is 4.03. The molecule has 60 heavy (non-hydrogen) atoms. The standard InChI is InChI=1S/C54H40N6/c1-2-11-38(40-14-6-17-43(30-40)51-26-23-48(36-57-51)46-20-9-28-55-34-46)22-25-50-33-53(39-12-4-3-5-13-39)60-54(59-50)45-19-8-16-42(32-45)41-15-7-18-44(31-41)52-27-24-49(37-58-52)47-21-10-29-56-35-47/h2-37,54,59H,1H2/b25-22+,38-11+. The van der Waals surface area contributed by atoms with Gasteiger partial charge in [-0.15, -0.1) is 0 Å². The highest BCUT2D eigenvalue weighted by Crippen LogP contribution is 2.31. The van der Waals surface area contributed by atoms with Crippen molar-refractivity contribution in [3.05, 3.63) is 248 Å². The number of hydrogen-bond donors (Lipinski definition) is 1. The van der Waals surface area contributed by atoms with Crippen molar-refractivity contribution in [1.82, 2.24) is 25.3 Å². The Morgan fingerprint density at radius 2 is 1.10 bits per heavy atom. The molecule has 0 fully saturated rings. The SMILES string of the molecule is C=C/C=C(\C=C\C1=CC(c2ccccc2)=NC(c2cccc(-c3cccc(-c4ccc(-c5cccnc5)cn4)c3)c2)N1)c1cccc(-c2ccc(-c3cccnc3)cn2)c1. The number of nitrogens with one attached hydrogen (secondary N) is 1. The van der Waals surface area contributed by atoms with Crippen LogP contribution in [0.15, 0.2) is 236 Å². The molecule has 5 heterocycles. The van der Waals surface area contributed by atoms with E-state index >= 15 is 0 Å². The molecule has 0 radical (unpaired) electrons. The van der Waals surface area contributed by atoms with Gasteiger partial charge in [0.2, 0.25) is 0 Å². The molecule has 0 saturated heterocycles. The largest absolute Gasteiger partial charge is 0.360 e. The van der Waals surface area contributed by atoms with Gasteiger partial charge in [-0.05, 0) is 88.0 Å². The Hall–Kier alpha value is -8.09. The lowest BCUT2D eigenvalue weighted by molar-refractivity contribution is 0.630. The highest BCUT2D eigenvalue weighted by atomic mass is 15.1. The fraction of sp³-hybridized carbons (Fsp3) is 0.0185. The van der Waals surface area contributed by atoms with E-state index in [0.29, 0.717) is 0 Å². The zero-order valence-electron chi connectivity index (χ0n) is 32.8. The van der Waals surface area contributed by atoms with Crippen molar-refractivity contribution in [3.63, 3.8) is 0 Å². The lowest BCUT2D eigenvalue weighted by Gasteiger charge is -2.24. The van der Waals surface area contributed by atoms with Crippen molar-refractivity contribution in [2.24, 2.45) is 4.99 Å². The molecule has 6 heteroatoms. The summed E-state index contributed by atoms with van der Waals surface area (Å²) in [5.41, 5.74) is 16.3. The molecule has 286 valence electrons. The summed E-state index contributed by atoms with van der Waals surface area (Å²) in [5.74, 6) is 0. The maximum Gasteiger partial charge on any atom is 0.145 e. The van der Waals surface area contributed by atoms with Crippen molar-refractivity contribution in [2.75, 3.05) is 0 Å². The Kier molecular flexibility index (Phi) is 11.0. The molecule has 0 aliphatic carbocycles. The molecule has 0 spiro atoms. The molecule has 9 rings (SSSR count). The second-order valence-electron chi connectivity index (χ2n) is 14.4. The summed E-state index contributed by atoms with van der Waals surface area (Å²) < 4.78 is 0. The molecule has 1 aliphatic heterocycles. The fourth-order valence-corrected chi connectivity index (χ4v) is 7.27. The second kappa shape index (κ2) is 17.6. The zero-order chi connectivity index (χ0) is 40.5. The van der Waals surface area contributed by atoms with Gasteiger partial charge in [-0.3, -0.25) is 24.9 Å². The predicted molar refractivity (Wildman–Crippen MR) is 245 cm³/mol. The molecule has 1 unspecified atom stereocenters. The van der Waals surface area contributed by atoms with Gasteiger partial charge in [0.05, 0.1) is 17.1 Å². The van der Waals surface area contributed by atoms with Crippen molar-refractivity contribution in [1.29, 1.82) is 0 Å². The third kappa shape index (κ3) is 8.59. The minimum absolute atomic E-state index is 0.314. The van der Waals surface area contributed by atoms with Crippen LogP contribution in [-0.4, -0.2) is 25.6 Å². The summed E-state index contributed by atoms with van der Waals surface area (Å²) in [4.78, 5) is 23.3. The van der Waals surface area contributed by atoms with E-state index in [9.17, 15) is 0 Å². The third-order valence-electron chi connectivity index (χ3n) is 10.4. The molecule has 0 saturated carbocycles. The van der Waals surface area contributed by atoms with E-state index in [4.69, 9.17) is 15.0 Å². The quantitative estimate of drug-likeness (QED) is 0.133. The number of rotatable bonds is 11. The van der Waals surface area contributed by atoms with E-state index in [2.05, 4.69) is 149 Å². The van der Waals surface area contributed by atoms with Gasteiger partial charge in [0.15, 0.2) is 0 Å². The summed E-state index contributed by atoms with van der Waals surface area (Å²) in [7, 11) is 0. The number of hydrogen-bond acceptors (Lipinski definition) is 6. The first-order valence-corrected chi connectivity index (χ1v) is 19.8. The van der Waals surface area contributed by atoms with Crippen molar-refractivity contribution in [2.45, 2.75) is 6.17 Å². The highest BCUT2D eigenvalue weighted by molar-refractivity contribution is 6.09. The summed E-state index contributed by atoms with van der Waals surface area (Å²) in [6, 6.07) is 52.2. The van der Waals surface area contributed by atoms with E-state index in [1.807, 2.05) is 79.4 Å². The van der Waals surface area contributed by atoms with Gasteiger partial charge in [-0.25, -0.2) is 0 Å². The van der Waals surface area contributed by atoms with E-state index in [-0.39, 0.29) is 6.17 Å². The monoisotopic (exact) mass is 772 g/mol. The summed E-state index contributed by atoms with van der Waals surface area (Å²) >= 11 is 0. The molecule has 0 amide bonds. The molecule has 4 aromatic heterocycles. The number of nitrogens with zero attached hydrogens (tertiary/aromatic N) is 5. The molecular weight excluding hydrogens is 733 g/mol. The highest BCUT2D eigenvalue weighted by Gasteiger charge is 2.18. The Morgan fingerprint density at radius 1 is 0.517 bits per heavy atom. The van der Waals surface area contributed by atoms with Crippen LogP contribution in [0.4, 0.5) is 0 Å². The van der Waals surface area contributed by atoms with Crippen LogP contribution >= 0.6 is 0 Å². The molecule has 1 aliphatic rings. The minimum atomic E-state index is -0.314.